The third-order valence-electron chi connectivity index (χ3n) is 2.95. The van der Waals surface area contributed by atoms with E-state index < -0.39 is 11.6 Å². The highest BCUT2D eigenvalue weighted by Crippen LogP contribution is 2.20. The largest absolute Gasteiger partial charge is 0.465 e. The lowest BCUT2D eigenvalue weighted by molar-refractivity contribution is 0.180. The van der Waals surface area contributed by atoms with E-state index in [1.165, 1.54) is 5.56 Å². The van der Waals surface area contributed by atoms with Crippen LogP contribution in [0.5, 0.6) is 0 Å². The fourth-order valence-electron chi connectivity index (χ4n) is 1.77. The van der Waals surface area contributed by atoms with E-state index in [2.05, 4.69) is 5.32 Å². The monoisotopic (exact) mass is 236 g/mol. The predicted octanol–water partition coefficient (Wildman–Crippen LogP) is 2.56. The molecule has 1 amide bonds. The van der Waals surface area contributed by atoms with Gasteiger partial charge in [0.15, 0.2) is 0 Å². The van der Waals surface area contributed by atoms with Crippen LogP contribution in [0.15, 0.2) is 18.2 Å². The molecule has 0 aliphatic carbocycles. The van der Waals surface area contributed by atoms with Crippen LogP contribution in [0.3, 0.4) is 0 Å². The zero-order chi connectivity index (χ0) is 13.1. The standard InChI is InChI=1S/C13H20N2O2/c1-9-10(5-4-6-11(9)14)7-8-13(2,3)15-12(16)17/h4-6,15H,7-8,14H2,1-3H3,(H,16,17). The summed E-state index contributed by atoms with van der Waals surface area (Å²) in [6.07, 6.45) is 0.563. The van der Waals surface area contributed by atoms with E-state index in [0.29, 0.717) is 0 Å². The van der Waals surface area contributed by atoms with Gasteiger partial charge in [-0.3, -0.25) is 0 Å². The molecule has 0 atom stereocenters. The van der Waals surface area contributed by atoms with Crippen molar-refractivity contribution in [2.45, 2.75) is 39.2 Å². The topological polar surface area (TPSA) is 75.3 Å². The maximum atomic E-state index is 10.6. The molecule has 94 valence electrons. The average molecular weight is 236 g/mol. The SMILES string of the molecule is Cc1c(N)cccc1CCC(C)(C)NC(=O)O. The minimum absolute atomic E-state index is 0.428. The first-order valence-corrected chi connectivity index (χ1v) is 5.67. The summed E-state index contributed by atoms with van der Waals surface area (Å²) in [5, 5.41) is 11.2. The third kappa shape index (κ3) is 3.98. The van der Waals surface area contributed by atoms with Gasteiger partial charge >= 0.3 is 6.09 Å². The Morgan fingerprint density at radius 1 is 1.47 bits per heavy atom. The van der Waals surface area contributed by atoms with Gasteiger partial charge in [-0.05, 0) is 50.8 Å². The maximum Gasteiger partial charge on any atom is 0.405 e. The van der Waals surface area contributed by atoms with Crippen LogP contribution in [0.1, 0.15) is 31.4 Å². The molecular formula is C13H20N2O2. The predicted molar refractivity (Wildman–Crippen MR) is 69.2 cm³/mol. The van der Waals surface area contributed by atoms with Crippen LogP contribution in [0, 0.1) is 6.92 Å². The molecule has 0 aromatic heterocycles. The highest BCUT2D eigenvalue weighted by molar-refractivity contribution is 5.65. The molecule has 0 aliphatic heterocycles. The lowest BCUT2D eigenvalue weighted by Crippen LogP contribution is -2.42. The van der Waals surface area contributed by atoms with E-state index in [0.717, 1.165) is 24.1 Å². The zero-order valence-electron chi connectivity index (χ0n) is 10.6. The van der Waals surface area contributed by atoms with E-state index in [-0.39, 0.29) is 0 Å². The number of aryl methyl sites for hydroxylation is 1. The normalized spacial score (nSPS) is 11.2. The number of carboxylic acid groups (broad SMARTS) is 1. The molecule has 0 unspecified atom stereocenters. The van der Waals surface area contributed by atoms with Gasteiger partial charge in [0.25, 0.3) is 0 Å². The molecule has 4 N–H and O–H groups in total. The average Bonchev–Trinajstić information content (AvgIpc) is 2.18. The van der Waals surface area contributed by atoms with E-state index in [1.54, 1.807) is 0 Å². The number of hydrogen-bond acceptors (Lipinski definition) is 2. The Morgan fingerprint density at radius 3 is 2.71 bits per heavy atom. The lowest BCUT2D eigenvalue weighted by Gasteiger charge is -2.24. The Hall–Kier alpha value is -1.71. The smallest absolute Gasteiger partial charge is 0.405 e. The third-order valence-corrected chi connectivity index (χ3v) is 2.95. The number of nitrogens with one attached hydrogen (secondary N) is 1. The van der Waals surface area contributed by atoms with Crippen LogP contribution in [0.25, 0.3) is 0 Å². The molecule has 0 bridgehead atoms. The maximum absolute atomic E-state index is 10.6. The van der Waals surface area contributed by atoms with Crippen molar-refractivity contribution in [2.24, 2.45) is 0 Å². The van der Waals surface area contributed by atoms with E-state index in [1.807, 2.05) is 39.0 Å². The first kappa shape index (κ1) is 13.4. The molecule has 0 spiro atoms. The molecule has 0 heterocycles. The van der Waals surface area contributed by atoms with Gasteiger partial charge in [0.1, 0.15) is 0 Å². The quantitative estimate of drug-likeness (QED) is 0.703. The van der Waals surface area contributed by atoms with Crippen LogP contribution >= 0.6 is 0 Å². The summed E-state index contributed by atoms with van der Waals surface area (Å²) in [5.41, 5.74) is 8.44. The molecule has 0 aliphatic rings. The lowest BCUT2D eigenvalue weighted by atomic mass is 9.93. The molecule has 4 heteroatoms. The summed E-state index contributed by atoms with van der Waals surface area (Å²) in [7, 11) is 0. The number of rotatable bonds is 4. The molecule has 4 nitrogen and oxygen atoms in total. The van der Waals surface area contributed by atoms with Crippen LogP contribution in [-0.2, 0) is 6.42 Å². The minimum atomic E-state index is -0.987. The van der Waals surface area contributed by atoms with Gasteiger partial charge in [-0.2, -0.15) is 0 Å². The molecule has 1 aromatic carbocycles. The highest BCUT2D eigenvalue weighted by atomic mass is 16.4. The molecule has 1 aromatic rings. The molecule has 0 saturated carbocycles. The Balaban J connectivity index is 2.67. The fraction of sp³-hybridized carbons (Fsp3) is 0.462. The van der Waals surface area contributed by atoms with Gasteiger partial charge in [0.2, 0.25) is 0 Å². The second-order valence-corrected chi connectivity index (χ2v) is 4.95. The number of amides is 1. The number of anilines is 1. The van der Waals surface area contributed by atoms with Gasteiger partial charge in [-0.1, -0.05) is 12.1 Å². The van der Waals surface area contributed by atoms with Crippen molar-refractivity contribution < 1.29 is 9.90 Å². The van der Waals surface area contributed by atoms with Crippen molar-refractivity contribution in [1.82, 2.24) is 5.32 Å². The van der Waals surface area contributed by atoms with Gasteiger partial charge in [-0.15, -0.1) is 0 Å². The molecule has 1 rings (SSSR count). The second kappa shape index (κ2) is 5.08. The van der Waals surface area contributed by atoms with Crippen LogP contribution in [-0.4, -0.2) is 16.7 Å². The first-order chi connectivity index (χ1) is 7.82. The van der Waals surface area contributed by atoms with Gasteiger partial charge < -0.3 is 16.2 Å². The van der Waals surface area contributed by atoms with Crippen LogP contribution < -0.4 is 11.1 Å². The summed E-state index contributed by atoms with van der Waals surface area (Å²) in [6.45, 7) is 5.74. The van der Waals surface area contributed by atoms with Crippen LogP contribution in [0.4, 0.5) is 10.5 Å². The Kier molecular flexibility index (Phi) is 3.99. The molecular weight excluding hydrogens is 216 g/mol. The van der Waals surface area contributed by atoms with Crippen molar-refractivity contribution in [3.8, 4) is 0 Å². The number of nitrogens with two attached hydrogens (primary N) is 1. The van der Waals surface area contributed by atoms with Crippen molar-refractivity contribution in [1.29, 1.82) is 0 Å². The van der Waals surface area contributed by atoms with Crippen molar-refractivity contribution in [2.75, 3.05) is 5.73 Å². The molecule has 0 saturated heterocycles. The number of nitrogen functional groups attached to an aromatic ring is 1. The van der Waals surface area contributed by atoms with E-state index in [4.69, 9.17) is 10.8 Å². The summed E-state index contributed by atoms with van der Waals surface area (Å²) >= 11 is 0. The van der Waals surface area contributed by atoms with Crippen molar-refractivity contribution >= 4 is 11.8 Å². The van der Waals surface area contributed by atoms with Gasteiger partial charge in [0, 0.05) is 11.2 Å². The molecule has 0 radical (unpaired) electrons. The minimum Gasteiger partial charge on any atom is -0.465 e. The summed E-state index contributed by atoms with van der Waals surface area (Å²) in [6, 6.07) is 5.83. The molecule has 0 fully saturated rings. The molecule has 17 heavy (non-hydrogen) atoms. The van der Waals surface area contributed by atoms with Crippen molar-refractivity contribution in [3.05, 3.63) is 29.3 Å². The van der Waals surface area contributed by atoms with Crippen molar-refractivity contribution in [3.63, 3.8) is 0 Å². The first-order valence-electron chi connectivity index (χ1n) is 5.67. The zero-order valence-corrected chi connectivity index (χ0v) is 10.6. The number of benzene rings is 1. The number of carbonyl (C=O) groups is 1. The Labute approximate surface area is 102 Å². The summed E-state index contributed by atoms with van der Waals surface area (Å²) < 4.78 is 0. The van der Waals surface area contributed by atoms with E-state index >= 15 is 0 Å². The highest BCUT2D eigenvalue weighted by Gasteiger charge is 2.20. The fourth-order valence-corrected chi connectivity index (χ4v) is 1.77. The van der Waals surface area contributed by atoms with E-state index in [9.17, 15) is 4.79 Å². The van der Waals surface area contributed by atoms with Crippen LogP contribution in [0.2, 0.25) is 0 Å². The Morgan fingerprint density at radius 2 is 2.12 bits per heavy atom. The van der Waals surface area contributed by atoms with Gasteiger partial charge in [-0.25, -0.2) is 4.79 Å². The Bertz CT molecular complexity index is 414. The summed E-state index contributed by atoms with van der Waals surface area (Å²) in [5.74, 6) is 0. The van der Waals surface area contributed by atoms with Gasteiger partial charge in [0.05, 0.1) is 0 Å². The second-order valence-electron chi connectivity index (χ2n) is 4.95. The summed E-state index contributed by atoms with van der Waals surface area (Å²) in [4.78, 5) is 10.6. The number of hydrogen-bond donors (Lipinski definition) is 3.